The van der Waals surface area contributed by atoms with Gasteiger partial charge in [-0.2, -0.15) is 13.2 Å². The number of hydrogen-bond acceptors (Lipinski definition) is 8. The van der Waals surface area contributed by atoms with Gasteiger partial charge in [0.2, 0.25) is 5.91 Å². The Labute approximate surface area is 189 Å². The minimum absolute atomic E-state index is 0.0881. The number of anilines is 2. The third-order valence-electron chi connectivity index (χ3n) is 4.88. The Morgan fingerprint density at radius 1 is 0.912 bits per heavy atom. The first-order valence-electron chi connectivity index (χ1n) is 9.77. The maximum Gasteiger partial charge on any atom is 0.418 e. The van der Waals surface area contributed by atoms with Gasteiger partial charge < -0.3 is 11.1 Å². The van der Waals surface area contributed by atoms with Crippen molar-refractivity contribution in [2.45, 2.75) is 6.18 Å². The molecule has 0 unspecified atom stereocenters. The standard InChI is InChI=1S/C22H13F3N8O/c23-22(24,25)12-7-11(20(26)34)8-29-18(12)16-9-30-19-15(5-6-27-21(19)33-16)32-17-10-28-13-3-1-2-4-14(13)31-17/h1-10H,(H2,26,34)(H,27,31,32,33). The average Bonchev–Trinajstić information content (AvgIpc) is 2.83. The minimum Gasteiger partial charge on any atom is -0.366 e. The fourth-order valence-electron chi connectivity index (χ4n) is 3.31. The number of halogens is 3. The molecule has 3 N–H and O–H groups in total. The molecule has 1 aromatic carbocycles. The normalized spacial score (nSPS) is 11.6. The minimum atomic E-state index is -4.80. The number of pyridine rings is 2. The summed E-state index contributed by atoms with van der Waals surface area (Å²) in [5.41, 5.74) is 5.22. The van der Waals surface area contributed by atoms with Gasteiger partial charge in [0.1, 0.15) is 22.7 Å². The van der Waals surface area contributed by atoms with E-state index in [9.17, 15) is 18.0 Å². The lowest BCUT2D eigenvalue weighted by Crippen LogP contribution is -2.16. The first-order valence-corrected chi connectivity index (χ1v) is 9.77. The number of amides is 1. The fourth-order valence-corrected chi connectivity index (χ4v) is 3.31. The van der Waals surface area contributed by atoms with Gasteiger partial charge in [0.15, 0.2) is 5.65 Å². The predicted octanol–water partition coefficient (Wildman–Crippen LogP) is 3.89. The lowest BCUT2D eigenvalue weighted by molar-refractivity contribution is -0.137. The van der Waals surface area contributed by atoms with Crippen molar-refractivity contribution in [3.05, 3.63) is 72.3 Å². The van der Waals surface area contributed by atoms with Gasteiger partial charge in [-0.05, 0) is 24.3 Å². The van der Waals surface area contributed by atoms with Crippen LogP contribution in [0.5, 0.6) is 0 Å². The van der Waals surface area contributed by atoms with E-state index in [1.807, 2.05) is 24.3 Å². The summed E-state index contributed by atoms with van der Waals surface area (Å²) in [6, 6.07) is 9.62. The number of para-hydroxylation sites is 2. The molecule has 0 saturated heterocycles. The van der Waals surface area contributed by atoms with Gasteiger partial charge in [-0.25, -0.2) is 19.9 Å². The van der Waals surface area contributed by atoms with Gasteiger partial charge in [-0.1, -0.05) is 12.1 Å². The van der Waals surface area contributed by atoms with Crippen molar-refractivity contribution in [1.29, 1.82) is 0 Å². The molecule has 12 heteroatoms. The Hall–Kier alpha value is -4.74. The number of primary amides is 1. The van der Waals surface area contributed by atoms with Gasteiger partial charge >= 0.3 is 6.18 Å². The van der Waals surface area contributed by atoms with Crippen LogP contribution in [-0.4, -0.2) is 35.8 Å². The van der Waals surface area contributed by atoms with Crippen LogP contribution in [-0.2, 0) is 6.18 Å². The maximum atomic E-state index is 13.6. The van der Waals surface area contributed by atoms with Gasteiger partial charge in [0.05, 0.1) is 40.2 Å². The van der Waals surface area contributed by atoms with Crippen molar-refractivity contribution in [3.63, 3.8) is 0 Å². The number of nitrogens with one attached hydrogen (secondary N) is 1. The SMILES string of the molecule is NC(=O)c1cnc(-c2cnc3c(Nc4cnc5ccccc5n4)ccnc3n2)c(C(F)(F)F)c1. The summed E-state index contributed by atoms with van der Waals surface area (Å²) in [5.74, 6) is -0.580. The van der Waals surface area contributed by atoms with Crippen LogP contribution in [0.2, 0.25) is 0 Å². The summed E-state index contributed by atoms with van der Waals surface area (Å²) >= 11 is 0. The second-order valence-electron chi connectivity index (χ2n) is 7.14. The number of carbonyl (C=O) groups is 1. The number of hydrogen-bond donors (Lipinski definition) is 2. The molecular weight excluding hydrogens is 449 g/mol. The van der Waals surface area contributed by atoms with Crippen molar-refractivity contribution < 1.29 is 18.0 Å². The number of benzene rings is 1. The van der Waals surface area contributed by atoms with E-state index in [2.05, 4.69) is 35.2 Å². The first-order chi connectivity index (χ1) is 16.3. The Balaban J connectivity index is 1.56. The van der Waals surface area contributed by atoms with E-state index in [1.54, 1.807) is 12.3 Å². The molecule has 1 amide bonds. The van der Waals surface area contributed by atoms with Crippen LogP contribution in [0, 0.1) is 0 Å². The Morgan fingerprint density at radius 3 is 2.47 bits per heavy atom. The quantitative estimate of drug-likeness (QED) is 0.411. The molecule has 0 spiro atoms. The van der Waals surface area contributed by atoms with E-state index in [0.29, 0.717) is 28.6 Å². The average molecular weight is 462 g/mol. The van der Waals surface area contributed by atoms with Crippen molar-refractivity contribution in [3.8, 4) is 11.4 Å². The topological polar surface area (TPSA) is 132 Å². The lowest BCUT2D eigenvalue weighted by Gasteiger charge is -2.13. The van der Waals surface area contributed by atoms with Gasteiger partial charge in [0.25, 0.3) is 0 Å². The lowest BCUT2D eigenvalue weighted by atomic mass is 10.1. The number of nitrogens with two attached hydrogens (primary N) is 1. The van der Waals surface area contributed by atoms with Crippen molar-refractivity contribution in [2.75, 3.05) is 5.32 Å². The molecule has 9 nitrogen and oxygen atoms in total. The van der Waals surface area contributed by atoms with Crippen LogP contribution in [0.1, 0.15) is 15.9 Å². The summed E-state index contributed by atoms with van der Waals surface area (Å²) < 4.78 is 40.9. The molecule has 0 fully saturated rings. The highest BCUT2D eigenvalue weighted by molar-refractivity contribution is 5.93. The van der Waals surface area contributed by atoms with E-state index in [0.717, 1.165) is 17.9 Å². The summed E-state index contributed by atoms with van der Waals surface area (Å²) in [6.45, 7) is 0. The summed E-state index contributed by atoms with van der Waals surface area (Å²) in [4.78, 5) is 36.5. The van der Waals surface area contributed by atoms with Crippen LogP contribution in [0.25, 0.3) is 33.6 Å². The van der Waals surface area contributed by atoms with E-state index in [1.165, 1.54) is 6.20 Å². The zero-order valence-corrected chi connectivity index (χ0v) is 17.1. The second kappa shape index (κ2) is 7.99. The Kier molecular flexibility index (Phi) is 4.97. The second-order valence-corrected chi connectivity index (χ2v) is 7.14. The number of nitrogens with zero attached hydrogens (tertiary/aromatic N) is 6. The van der Waals surface area contributed by atoms with Gasteiger partial charge in [-0.3, -0.25) is 14.8 Å². The first kappa shape index (κ1) is 21.1. The molecule has 0 aliphatic heterocycles. The number of alkyl halides is 3. The Bertz CT molecular complexity index is 1570. The molecular formula is C22H13F3N8O. The van der Waals surface area contributed by atoms with E-state index < -0.39 is 23.3 Å². The zero-order valence-electron chi connectivity index (χ0n) is 17.1. The third kappa shape index (κ3) is 3.92. The van der Waals surface area contributed by atoms with Crippen LogP contribution in [0.3, 0.4) is 0 Å². The summed E-state index contributed by atoms with van der Waals surface area (Å²) in [7, 11) is 0. The molecule has 34 heavy (non-hydrogen) atoms. The smallest absolute Gasteiger partial charge is 0.366 e. The highest BCUT2D eigenvalue weighted by Crippen LogP contribution is 2.36. The molecule has 4 heterocycles. The molecule has 4 aromatic heterocycles. The molecule has 5 aromatic rings. The molecule has 0 aliphatic rings. The molecule has 0 atom stereocenters. The Morgan fingerprint density at radius 2 is 1.71 bits per heavy atom. The molecule has 5 rings (SSSR count). The largest absolute Gasteiger partial charge is 0.418 e. The van der Waals surface area contributed by atoms with Gasteiger partial charge in [0, 0.05) is 12.4 Å². The maximum absolute atomic E-state index is 13.6. The third-order valence-corrected chi connectivity index (χ3v) is 4.88. The summed E-state index contributed by atoms with van der Waals surface area (Å²) in [6.07, 6.45) is 0.309. The molecule has 168 valence electrons. The van der Waals surface area contributed by atoms with E-state index >= 15 is 0 Å². The van der Waals surface area contributed by atoms with Crippen molar-refractivity contribution in [2.24, 2.45) is 5.73 Å². The number of carbonyl (C=O) groups excluding carboxylic acids is 1. The molecule has 0 bridgehead atoms. The van der Waals surface area contributed by atoms with Crippen molar-refractivity contribution in [1.82, 2.24) is 29.9 Å². The number of fused-ring (bicyclic) bond motifs is 2. The number of aromatic nitrogens is 6. The predicted molar refractivity (Wildman–Crippen MR) is 117 cm³/mol. The van der Waals surface area contributed by atoms with Crippen molar-refractivity contribution >= 4 is 39.6 Å². The van der Waals surface area contributed by atoms with Crippen LogP contribution < -0.4 is 11.1 Å². The zero-order chi connectivity index (χ0) is 23.9. The number of rotatable bonds is 4. The molecule has 0 aliphatic carbocycles. The summed E-state index contributed by atoms with van der Waals surface area (Å²) in [5, 5.41) is 3.09. The van der Waals surface area contributed by atoms with E-state index in [4.69, 9.17) is 5.73 Å². The van der Waals surface area contributed by atoms with Crippen LogP contribution in [0.4, 0.5) is 24.7 Å². The highest BCUT2D eigenvalue weighted by atomic mass is 19.4. The monoisotopic (exact) mass is 462 g/mol. The van der Waals surface area contributed by atoms with Gasteiger partial charge in [-0.15, -0.1) is 0 Å². The van der Waals surface area contributed by atoms with Crippen LogP contribution >= 0.6 is 0 Å². The fraction of sp³-hybridized carbons (Fsp3) is 0.0455. The van der Waals surface area contributed by atoms with E-state index in [-0.39, 0.29) is 16.9 Å². The van der Waals surface area contributed by atoms with Crippen LogP contribution in [0.15, 0.2) is 61.2 Å². The molecule has 0 saturated carbocycles. The molecule has 0 radical (unpaired) electrons. The highest BCUT2D eigenvalue weighted by Gasteiger charge is 2.36.